The number of nitrogens with one attached hydrogen (secondary N) is 2. The Kier molecular flexibility index (Phi) is 6.43. The van der Waals surface area contributed by atoms with Crippen molar-refractivity contribution in [3.05, 3.63) is 69.8 Å². The average Bonchev–Trinajstić information content (AvgIpc) is 2.56. The number of amides is 2. The van der Waals surface area contributed by atoms with Gasteiger partial charge in [-0.2, -0.15) is 0 Å². The summed E-state index contributed by atoms with van der Waals surface area (Å²) < 4.78 is 0. The smallest absolute Gasteiger partial charge is 0.273 e. The molecule has 7 heteroatoms. The number of para-hydroxylation sites is 1. The van der Waals surface area contributed by atoms with Gasteiger partial charge in [0.2, 0.25) is 11.8 Å². The number of anilines is 1. The highest BCUT2D eigenvalue weighted by molar-refractivity contribution is 5.92. The maximum Gasteiger partial charge on any atom is 0.273 e. The highest BCUT2D eigenvalue weighted by Crippen LogP contribution is 2.19. The number of nitro benzene ring substituents is 1. The molecule has 136 valence electrons. The second-order valence-electron chi connectivity index (χ2n) is 6.21. The van der Waals surface area contributed by atoms with Crippen LogP contribution in [0.5, 0.6) is 0 Å². The van der Waals surface area contributed by atoms with Crippen LogP contribution in [0.25, 0.3) is 0 Å². The molecule has 2 aromatic carbocycles. The zero-order valence-electron chi connectivity index (χ0n) is 14.7. The summed E-state index contributed by atoms with van der Waals surface area (Å²) in [5, 5.41) is 16.5. The summed E-state index contributed by atoms with van der Waals surface area (Å²) in [6, 6.07) is 13.2. The summed E-state index contributed by atoms with van der Waals surface area (Å²) in [4.78, 5) is 34.4. The lowest BCUT2D eigenvalue weighted by Crippen LogP contribution is -2.31. The highest BCUT2D eigenvalue weighted by atomic mass is 16.6. The fourth-order valence-corrected chi connectivity index (χ4v) is 2.48. The van der Waals surface area contributed by atoms with Gasteiger partial charge in [0.05, 0.1) is 17.8 Å². The van der Waals surface area contributed by atoms with Crippen molar-refractivity contribution in [2.45, 2.75) is 32.7 Å². The molecule has 0 saturated carbocycles. The molecule has 0 unspecified atom stereocenters. The SMILES string of the molecule is CC(C)NC(=O)Cc1ccc(NC(=O)Cc2ccccc2[N+](=O)[O-])cc1. The van der Waals surface area contributed by atoms with E-state index in [0.717, 1.165) is 5.56 Å². The van der Waals surface area contributed by atoms with Gasteiger partial charge in [-0.3, -0.25) is 19.7 Å². The average molecular weight is 355 g/mol. The standard InChI is InChI=1S/C19H21N3O4/c1-13(2)20-18(23)11-14-7-9-16(10-8-14)21-19(24)12-15-5-3-4-6-17(15)22(25)26/h3-10,13H,11-12H2,1-2H3,(H,20,23)(H,21,24). The number of rotatable bonds is 7. The van der Waals surface area contributed by atoms with E-state index in [4.69, 9.17) is 0 Å². The fourth-order valence-electron chi connectivity index (χ4n) is 2.48. The van der Waals surface area contributed by atoms with Gasteiger partial charge in [-0.1, -0.05) is 30.3 Å². The molecular formula is C19H21N3O4. The molecule has 0 atom stereocenters. The topological polar surface area (TPSA) is 101 Å². The molecule has 0 aliphatic rings. The first-order valence-corrected chi connectivity index (χ1v) is 8.25. The van der Waals surface area contributed by atoms with E-state index in [0.29, 0.717) is 11.3 Å². The van der Waals surface area contributed by atoms with Crippen LogP contribution in [0.1, 0.15) is 25.0 Å². The number of benzene rings is 2. The van der Waals surface area contributed by atoms with Gasteiger partial charge in [-0.15, -0.1) is 0 Å². The monoisotopic (exact) mass is 355 g/mol. The van der Waals surface area contributed by atoms with Crippen molar-refractivity contribution >= 4 is 23.2 Å². The van der Waals surface area contributed by atoms with Crippen LogP contribution in [0.15, 0.2) is 48.5 Å². The molecule has 0 aromatic heterocycles. The minimum atomic E-state index is -0.500. The van der Waals surface area contributed by atoms with Crippen LogP contribution in [0.3, 0.4) is 0 Å². The third kappa shape index (κ3) is 5.70. The summed E-state index contributed by atoms with van der Waals surface area (Å²) in [6.07, 6.45) is 0.179. The second-order valence-corrected chi connectivity index (χ2v) is 6.21. The normalized spacial score (nSPS) is 10.4. The van der Waals surface area contributed by atoms with Gasteiger partial charge in [-0.25, -0.2) is 0 Å². The first-order chi connectivity index (χ1) is 12.3. The van der Waals surface area contributed by atoms with Crippen LogP contribution in [0, 0.1) is 10.1 Å². The first-order valence-electron chi connectivity index (χ1n) is 8.25. The predicted octanol–water partition coefficient (Wildman–Crippen LogP) is 2.84. The molecule has 0 fully saturated rings. The number of nitro groups is 1. The molecule has 7 nitrogen and oxygen atoms in total. The molecule has 0 aliphatic carbocycles. The Hall–Kier alpha value is -3.22. The number of hydrogen-bond acceptors (Lipinski definition) is 4. The van der Waals surface area contributed by atoms with E-state index in [1.54, 1.807) is 42.5 Å². The van der Waals surface area contributed by atoms with Gasteiger partial charge in [-0.05, 0) is 31.5 Å². The van der Waals surface area contributed by atoms with Crippen LogP contribution in [0.2, 0.25) is 0 Å². The van der Waals surface area contributed by atoms with Crippen LogP contribution in [-0.2, 0) is 22.4 Å². The molecule has 0 radical (unpaired) electrons. The van der Waals surface area contributed by atoms with Crippen molar-refractivity contribution in [3.63, 3.8) is 0 Å². The molecule has 26 heavy (non-hydrogen) atoms. The predicted molar refractivity (Wildman–Crippen MR) is 98.9 cm³/mol. The molecule has 2 amide bonds. The summed E-state index contributed by atoms with van der Waals surface area (Å²) in [5.74, 6) is -0.405. The summed E-state index contributed by atoms with van der Waals surface area (Å²) >= 11 is 0. The van der Waals surface area contributed by atoms with Crippen molar-refractivity contribution in [1.82, 2.24) is 5.32 Å². The molecule has 2 N–H and O–H groups in total. The van der Waals surface area contributed by atoms with Crippen molar-refractivity contribution in [2.24, 2.45) is 0 Å². The van der Waals surface area contributed by atoms with Gasteiger partial charge in [0.15, 0.2) is 0 Å². The van der Waals surface area contributed by atoms with Crippen LogP contribution >= 0.6 is 0 Å². The van der Waals surface area contributed by atoms with Gasteiger partial charge >= 0.3 is 0 Å². The minimum Gasteiger partial charge on any atom is -0.354 e. The van der Waals surface area contributed by atoms with E-state index >= 15 is 0 Å². The maximum absolute atomic E-state index is 12.1. The first kappa shape index (κ1) is 19.1. The van der Waals surface area contributed by atoms with E-state index in [-0.39, 0.29) is 36.4 Å². The van der Waals surface area contributed by atoms with Crippen LogP contribution < -0.4 is 10.6 Å². The van der Waals surface area contributed by atoms with E-state index in [1.807, 2.05) is 13.8 Å². The Balaban J connectivity index is 1.96. The third-order valence-electron chi connectivity index (χ3n) is 3.59. The third-order valence-corrected chi connectivity index (χ3v) is 3.59. The summed E-state index contributed by atoms with van der Waals surface area (Å²) in [6.45, 7) is 3.79. The van der Waals surface area contributed by atoms with Crippen molar-refractivity contribution in [2.75, 3.05) is 5.32 Å². The number of carbonyl (C=O) groups is 2. The molecule has 0 heterocycles. The maximum atomic E-state index is 12.1. The zero-order valence-corrected chi connectivity index (χ0v) is 14.7. The Bertz CT molecular complexity index is 801. The summed E-state index contributed by atoms with van der Waals surface area (Å²) in [5.41, 5.74) is 1.69. The van der Waals surface area contributed by atoms with Crippen LogP contribution in [-0.4, -0.2) is 22.8 Å². The number of hydrogen-bond donors (Lipinski definition) is 2. The Morgan fingerprint density at radius 1 is 1.00 bits per heavy atom. The molecule has 0 aliphatic heterocycles. The number of carbonyl (C=O) groups excluding carboxylic acids is 2. The van der Waals surface area contributed by atoms with E-state index in [2.05, 4.69) is 10.6 Å². The van der Waals surface area contributed by atoms with Crippen molar-refractivity contribution in [1.29, 1.82) is 0 Å². The lowest BCUT2D eigenvalue weighted by Gasteiger charge is -2.09. The van der Waals surface area contributed by atoms with Crippen molar-refractivity contribution in [3.8, 4) is 0 Å². The van der Waals surface area contributed by atoms with Gasteiger partial charge in [0, 0.05) is 23.4 Å². The Morgan fingerprint density at radius 3 is 2.27 bits per heavy atom. The molecular weight excluding hydrogens is 334 g/mol. The largest absolute Gasteiger partial charge is 0.354 e. The van der Waals surface area contributed by atoms with Gasteiger partial charge in [0.1, 0.15) is 0 Å². The van der Waals surface area contributed by atoms with Crippen LogP contribution in [0.4, 0.5) is 11.4 Å². The van der Waals surface area contributed by atoms with Gasteiger partial charge < -0.3 is 10.6 Å². The fraction of sp³-hybridized carbons (Fsp3) is 0.263. The second kappa shape index (κ2) is 8.75. The molecule has 0 saturated heterocycles. The lowest BCUT2D eigenvalue weighted by atomic mass is 10.1. The van der Waals surface area contributed by atoms with E-state index in [9.17, 15) is 19.7 Å². The molecule has 0 bridgehead atoms. The lowest BCUT2D eigenvalue weighted by molar-refractivity contribution is -0.385. The quantitative estimate of drug-likeness (QED) is 0.589. The highest BCUT2D eigenvalue weighted by Gasteiger charge is 2.15. The zero-order chi connectivity index (χ0) is 19.1. The molecule has 2 aromatic rings. The van der Waals surface area contributed by atoms with Gasteiger partial charge in [0.25, 0.3) is 5.69 Å². The Morgan fingerprint density at radius 2 is 1.65 bits per heavy atom. The van der Waals surface area contributed by atoms with Crippen molar-refractivity contribution < 1.29 is 14.5 Å². The Labute approximate surface area is 151 Å². The van der Waals surface area contributed by atoms with E-state index in [1.165, 1.54) is 6.07 Å². The minimum absolute atomic E-state index is 0.0619. The summed E-state index contributed by atoms with van der Waals surface area (Å²) in [7, 11) is 0. The molecule has 0 spiro atoms. The molecule has 2 rings (SSSR count). The number of nitrogens with zero attached hydrogens (tertiary/aromatic N) is 1. The van der Waals surface area contributed by atoms with E-state index < -0.39 is 4.92 Å².